The monoisotopic (exact) mass is 386 g/mol. The molecule has 0 radical (unpaired) electrons. The Bertz CT molecular complexity index is 619. The van der Waals surface area contributed by atoms with Crippen LogP contribution in [-0.2, 0) is 6.54 Å². The number of nitrogens with zero attached hydrogens (tertiary/aromatic N) is 1. The van der Waals surface area contributed by atoms with Crippen LogP contribution >= 0.6 is 39.1 Å². The Labute approximate surface area is 144 Å². The van der Waals surface area contributed by atoms with E-state index in [1.807, 2.05) is 31.3 Å². The van der Waals surface area contributed by atoms with Gasteiger partial charge in [-0.25, -0.2) is 0 Å². The summed E-state index contributed by atoms with van der Waals surface area (Å²) in [6, 6.07) is 13.9. The van der Waals surface area contributed by atoms with Gasteiger partial charge in [0.05, 0.1) is 10.0 Å². The minimum atomic E-state index is 0.0233. The van der Waals surface area contributed by atoms with E-state index in [-0.39, 0.29) is 6.04 Å². The van der Waals surface area contributed by atoms with Crippen LogP contribution in [0.5, 0.6) is 0 Å². The van der Waals surface area contributed by atoms with Crippen molar-refractivity contribution < 1.29 is 0 Å². The fourth-order valence-corrected chi connectivity index (χ4v) is 3.24. The number of benzene rings is 2. The predicted octanol–water partition coefficient (Wildman–Crippen LogP) is 4.89. The van der Waals surface area contributed by atoms with Crippen molar-refractivity contribution in [3.8, 4) is 0 Å². The van der Waals surface area contributed by atoms with E-state index in [1.54, 1.807) is 6.07 Å². The zero-order chi connectivity index (χ0) is 15.4. The standard InChI is InChI=1S/C16H17BrCl2N2/c1-21(10-11-4-2-5-12(17)8-11)15(9-20)13-6-3-7-14(18)16(13)19/h2-8,15H,9-10,20H2,1H3. The second-order valence-corrected chi connectivity index (χ2v) is 6.64. The minimum Gasteiger partial charge on any atom is -0.329 e. The summed E-state index contributed by atoms with van der Waals surface area (Å²) in [4.78, 5) is 2.18. The number of rotatable bonds is 5. The van der Waals surface area contributed by atoms with Gasteiger partial charge >= 0.3 is 0 Å². The Kier molecular flexibility index (Phi) is 6.08. The minimum absolute atomic E-state index is 0.0233. The number of halogens is 3. The maximum Gasteiger partial charge on any atom is 0.0640 e. The van der Waals surface area contributed by atoms with E-state index >= 15 is 0 Å². The van der Waals surface area contributed by atoms with Crippen molar-refractivity contribution in [3.63, 3.8) is 0 Å². The summed E-state index contributed by atoms with van der Waals surface area (Å²) >= 11 is 15.9. The van der Waals surface area contributed by atoms with Crippen molar-refractivity contribution in [1.29, 1.82) is 0 Å². The van der Waals surface area contributed by atoms with Gasteiger partial charge in [-0.05, 0) is 36.4 Å². The summed E-state index contributed by atoms with van der Waals surface area (Å²) in [6.45, 7) is 1.26. The molecule has 2 rings (SSSR count). The molecule has 0 aliphatic carbocycles. The summed E-state index contributed by atoms with van der Waals surface area (Å²) in [6.07, 6.45) is 0. The highest BCUT2D eigenvalue weighted by atomic mass is 79.9. The SMILES string of the molecule is CN(Cc1cccc(Br)c1)C(CN)c1cccc(Cl)c1Cl. The van der Waals surface area contributed by atoms with Crippen molar-refractivity contribution in [2.45, 2.75) is 12.6 Å². The molecular weight excluding hydrogens is 371 g/mol. The lowest BCUT2D eigenvalue weighted by molar-refractivity contribution is 0.242. The zero-order valence-corrected chi connectivity index (χ0v) is 14.8. The summed E-state index contributed by atoms with van der Waals surface area (Å²) in [5.41, 5.74) is 8.13. The molecule has 0 amide bonds. The number of hydrogen-bond acceptors (Lipinski definition) is 2. The summed E-state index contributed by atoms with van der Waals surface area (Å²) in [7, 11) is 2.04. The van der Waals surface area contributed by atoms with Crippen LogP contribution in [0.2, 0.25) is 10.0 Å². The molecule has 2 N–H and O–H groups in total. The molecule has 1 unspecified atom stereocenters. The van der Waals surface area contributed by atoms with Gasteiger partial charge in [-0.15, -0.1) is 0 Å². The molecule has 0 aromatic heterocycles. The highest BCUT2D eigenvalue weighted by Gasteiger charge is 2.19. The number of hydrogen-bond donors (Lipinski definition) is 1. The van der Waals surface area contributed by atoms with E-state index in [9.17, 15) is 0 Å². The molecule has 0 spiro atoms. The smallest absolute Gasteiger partial charge is 0.0640 e. The van der Waals surface area contributed by atoms with Crippen LogP contribution in [0.4, 0.5) is 0 Å². The molecule has 1 atom stereocenters. The lowest BCUT2D eigenvalue weighted by Gasteiger charge is -2.28. The molecule has 21 heavy (non-hydrogen) atoms. The maximum atomic E-state index is 6.32. The van der Waals surface area contributed by atoms with Gasteiger partial charge in [0.2, 0.25) is 0 Å². The Morgan fingerprint density at radius 2 is 1.90 bits per heavy atom. The Morgan fingerprint density at radius 1 is 1.19 bits per heavy atom. The molecule has 0 heterocycles. The molecular formula is C16H17BrCl2N2. The summed E-state index contributed by atoms with van der Waals surface area (Å²) in [5, 5.41) is 1.14. The number of nitrogens with two attached hydrogens (primary N) is 1. The van der Waals surface area contributed by atoms with Crippen LogP contribution in [0.15, 0.2) is 46.9 Å². The van der Waals surface area contributed by atoms with Crippen LogP contribution < -0.4 is 5.73 Å². The average molecular weight is 388 g/mol. The van der Waals surface area contributed by atoms with Crippen molar-refractivity contribution in [3.05, 3.63) is 68.1 Å². The second-order valence-electron chi connectivity index (χ2n) is 4.94. The predicted molar refractivity (Wildman–Crippen MR) is 93.9 cm³/mol. The third-order valence-corrected chi connectivity index (χ3v) is 4.74. The van der Waals surface area contributed by atoms with E-state index in [1.165, 1.54) is 5.56 Å². The van der Waals surface area contributed by atoms with Crippen LogP contribution in [0.25, 0.3) is 0 Å². The van der Waals surface area contributed by atoms with Crippen LogP contribution in [0.1, 0.15) is 17.2 Å². The highest BCUT2D eigenvalue weighted by Crippen LogP contribution is 2.32. The molecule has 0 saturated heterocycles. The summed E-state index contributed by atoms with van der Waals surface area (Å²) in [5.74, 6) is 0. The van der Waals surface area contributed by atoms with Gasteiger partial charge in [0.15, 0.2) is 0 Å². The summed E-state index contributed by atoms with van der Waals surface area (Å²) < 4.78 is 1.07. The topological polar surface area (TPSA) is 29.3 Å². The first-order valence-corrected chi connectivity index (χ1v) is 8.16. The van der Waals surface area contributed by atoms with Crippen molar-refractivity contribution in [2.75, 3.05) is 13.6 Å². The largest absolute Gasteiger partial charge is 0.329 e. The first-order chi connectivity index (χ1) is 10.0. The van der Waals surface area contributed by atoms with Crippen molar-refractivity contribution in [2.24, 2.45) is 5.73 Å². The van der Waals surface area contributed by atoms with Gasteiger partial charge in [0, 0.05) is 23.6 Å². The molecule has 2 nitrogen and oxygen atoms in total. The van der Waals surface area contributed by atoms with E-state index < -0.39 is 0 Å². The van der Waals surface area contributed by atoms with E-state index in [2.05, 4.69) is 33.0 Å². The van der Waals surface area contributed by atoms with Crippen LogP contribution in [0.3, 0.4) is 0 Å². The molecule has 112 valence electrons. The lowest BCUT2D eigenvalue weighted by atomic mass is 10.0. The molecule has 0 bridgehead atoms. The zero-order valence-electron chi connectivity index (χ0n) is 11.7. The molecule has 0 aliphatic heterocycles. The van der Waals surface area contributed by atoms with Gasteiger partial charge in [0.25, 0.3) is 0 Å². The fourth-order valence-electron chi connectivity index (χ4n) is 2.36. The van der Waals surface area contributed by atoms with E-state index in [0.29, 0.717) is 16.6 Å². The van der Waals surface area contributed by atoms with E-state index in [4.69, 9.17) is 28.9 Å². The first kappa shape index (κ1) is 16.8. The van der Waals surface area contributed by atoms with Crippen LogP contribution in [0, 0.1) is 0 Å². The quantitative estimate of drug-likeness (QED) is 0.791. The van der Waals surface area contributed by atoms with Gasteiger partial charge in [-0.2, -0.15) is 0 Å². The highest BCUT2D eigenvalue weighted by molar-refractivity contribution is 9.10. The third kappa shape index (κ3) is 4.21. The fraction of sp³-hybridized carbons (Fsp3) is 0.250. The van der Waals surface area contributed by atoms with Crippen LogP contribution in [-0.4, -0.2) is 18.5 Å². The van der Waals surface area contributed by atoms with Gasteiger partial charge in [-0.1, -0.05) is 63.4 Å². The van der Waals surface area contributed by atoms with Crippen molar-refractivity contribution in [1.82, 2.24) is 4.90 Å². The third-order valence-electron chi connectivity index (χ3n) is 3.42. The van der Waals surface area contributed by atoms with Gasteiger partial charge in [0.1, 0.15) is 0 Å². The first-order valence-electron chi connectivity index (χ1n) is 6.61. The molecule has 2 aromatic rings. The maximum absolute atomic E-state index is 6.32. The van der Waals surface area contributed by atoms with Gasteiger partial charge < -0.3 is 5.73 Å². The molecule has 2 aromatic carbocycles. The second kappa shape index (κ2) is 7.61. The normalized spacial score (nSPS) is 12.7. The Morgan fingerprint density at radius 3 is 2.57 bits per heavy atom. The number of likely N-dealkylation sites (N-methyl/N-ethyl adjacent to an activating group) is 1. The molecule has 5 heteroatoms. The Balaban J connectivity index is 2.22. The Hall–Kier alpha value is -0.580. The molecule has 0 saturated carbocycles. The molecule has 0 fully saturated rings. The van der Waals surface area contributed by atoms with E-state index in [0.717, 1.165) is 16.6 Å². The van der Waals surface area contributed by atoms with Crippen molar-refractivity contribution >= 4 is 39.1 Å². The lowest BCUT2D eigenvalue weighted by Crippen LogP contribution is -2.30. The van der Waals surface area contributed by atoms with Gasteiger partial charge in [-0.3, -0.25) is 4.90 Å². The average Bonchev–Trinajstić information content (AvgIpc) is 2.44. The molecule has 0 aliphatic rings.